The second kappa shape index (κ2) is 7.48. The fraction of sp³-hybridized carbons (Fsp3) is 0.375. The molecule has 1 aromatic heterocycles. The molecule has 0 radical (unpaired) electrons. The van der Waals surface area contributed by atoms with E-state index < -0.39 is 0 Å². The van der Waals surface area contributed by atoms with E-state index in [0.717, 1.165) is 43.3 Å². The lowest BCUT2D eigenvalue weighted by atomic mass is 10.1. The van der Waals surface area contributed by atoms with Crippen molar-refractivity contribution in [2.75, 3.05) is 24.2 Å². The average Bonchev–Trinajstić information content (AvgIpc) is 2.48. The average molecular weight is 270 g/mol. The molecular formula is C16H22N4. The van der Waals surface area contributed by atoms with Gasteiger partial charge in [0, 0.05) is 26.1 Å². The number of aromatic nitrogens is 2. The largest absolute Gasteiger partial charge is 0.373 e. The zero-order valence-corrected chi connectivity index (χ0v) is 12.2. The SMILES string of the molecule is CCCc1nc(NC)cc(NCCc2ccccc2)n1. The second-order valence-corrected chi connectivity index (χ2v) is 4.72. The molecule has 0 unspecified atom stereocenters. The minimum Gasteiger partial charge on any atom is -0.373 e. The van der Waals surface area contributed by atoms with Crippen LogP contribution in [-0.2, 0) is 12.8 Å². The Hall–Kier alpha value is -2.10. The Bertz CT molecular complexity index is 525. The molecule has 1 heterocycles. The summed E-state index contributed by atoms with van der Waals surface area (Å²) in [5.74, 6) is 2.65. The van der Waals surface area contributed by atoms with Crippen LogP contribution in [-0.4, -0.2) is 23.6 Å². The molecule has 2 rings (SSSR count). The first-order valence-electron chi connectivity index (χ1n) is 7.15. The third kappa shape index (κ3) is 4.23. The van der Waals surface area contributed by atoms with E-state index in [4.69, 9.17) is 0 Å². The van der Waals surface area contributed by atoms with E-state index in [1.165, 1.54) is 5.56 Å². The molecule has 20 heavy (non-hydrogen) atoms. The van der Waals surface area contributed by atoms with E-state index in [0.29, 0.717) is 0 Å². The number of benzene rings is 1. The summed E-state index contributed by atoms with van der Waals surface area (Å²) in [5, 5.41) is 6.46. The van der Waals surface area contributed by atoms with Crippen molar-refractivity contribution in [3.8, 4) is 0 Å². The van der Waals surface area contributed by atoms with Crippen LogP contribution in [0, 0.1) is 0 Å². The van der Waals surface area contributed by atoms with Crippen molar-refractivity contribution in [3.05, 3.63) is 47.8 Å². The lowest BCUT2D eigenvalue weighted by Crippen LogP contribution is -2.09. The maximum atomic E-state index is 4.54. The van der Waals surface area contributed by atoms with Crippen LogP contribution in [0.5, 0.6) is 0 Å². The van der Waals surface area contributed by atoms with Crippen LogP contribution in [0.4, 0.5) is 11.6 Å². The predicted molar refractivity (Wildman–Crippen MR) is 84.2 cm³/mol. The third-order valence-corrected chi connectivity index (χ3v) is 3.06. The highest BCUT2D eigenvalue weighted by Gasteiger charge is 2.03. The second-order valence-electron chi connectivity index (χ2n) is 4.72. The Labute approximate surface area is 120 Å². The highest BCUT2D eigenvalue weighted by Crippen LogP contribution is 2.12. The normalized spacial score (nSPS) is 10.3. The molecule has 1 aromatic carbocycles. The van der Waals surface area contributed by atoms with Crippen LogP contribution >= 0.6 is 0 Å². The summed E-state index contributed by atoms with van der Waals surface area (Å²) in [7, 11) is 1.88. The standard InChI is InChI=1S/C16H22N4/c1-3-7-14-19-15(17-2)12-16(20-14)18-11-10-13-8-5-4-6-9-13/h4-6,8-9,12H,3,7,10-11H2,1-2H3,(H2,17,18,19,20). The van der Waals surface area contributed by atoms with Crippen LogP contribution < -0.4 is 10.6 Å². The van der Waals surface area contributed by atoms with Crippen molar-refractivity contribution in [2.24, 2.45) is 0 Å². The van der Waals surface area contributed by atoms with E-state index in [1.54, 1.807) is 0 Å². The van der Waals surface area contributed by atoms with Gasteiger partial charge < -0.3 is 10.6 Å². The molecule has 106 valence electrons. The first-order valence-corrected chi connectivity index (χ1v) is 7.15. The molecule has 0 bridgehead atoms. The number of hydrogen-bond acceptors (Lipinski definition) is 4. The molecule has 0 aliphatic rings. The molecule has 0 aliphatic heterocycles. The quantitative estimate of drug-likeness (QED) is 0.811. The van der Waals surface area contributed by atoms with E-state index in [-0.39, 0.29) is 0 Å². The van der Waals surface area contributed by atoms with Gasteiger partial charge in [-0.15, -0.1) is 0 Å². The van der Waals surface area contributed by atoms with Gasteiger partial charge in [-0.05, 0) is 18.4 Å². The van der Waals surface area contributed by atoms with Crippen molar-refractivity contribution in [3.63, 3.8) is 0 Å². The van der Waals surface area contributed by atoms with Crippen LogP contribution in [0.1, 0.15) is 24.7 Å². The van der Waals surface area contributed by atoms with E-state index in [9.17, 15) is 0 Å². The zero-order valence-electron chi connectivity index (χ0n) is 12.2. The van der Waals surface area contributed by atoms with Gasteiger partial charge in [-0.1, -0.05) is 37.3 Å². The monoisotopic (exact) mass is 270 g/mol. The smallest absolute Gasteiger partial charge is 0.133 e. The summed E-state index contributed by atoms with van der Waals surface area (Å²) in [4.78, 5) is 8.99. The van der Waals surface area contributed by atoms with Crippen molar-refractivity contribution in [1.29, 1.82) is 0 Å². The van der Waals surface area contributed by atoms with Crippen molar-refractivity contribution >= 4 is 11.6 Å². The van der Waals surface area contributed by atoms with Crippen LogP contribution in [0.15, 0.2) is 36.4 Å². The van der Waals surface area contributed by atoms with Gasteiger partial charge in [-0.25, -0.2) is 9.97 Å². The molecule has 4 nitrogen and oxygen atoms in total. The summed E-state index contributed by atoms with van der Waals surface area (Å²) >= 11 is 0. The zero-order chi connectivity index (χ0) is 14.2. The molecule has 0 aliphatic carbocycles. The Balaban J connectivity index is 1.96. The first-order chi connectivity index (χ1) is 9.81. The Morgan fingerprint density at radius 3 is 2.45 bits per heavy atom. The number of hydrogen-bond donors (Lipinski definition) is 2. The van der Waals surface area contributed by atoms with Crippen molar-refractivity contribution in [1.82, 2.24) is 9.97 Å². The number of aryl methyl sites for hydroxylation is 1. The van der Waals surface area contributed by atoms with Gasteiger partial charge in [0.2, 0.25) is 0 Å². The van der Waals surface area contributed by atoms with Crippen LogP contribution in [0.2, 0.25) is 0 Å². The lowest BCUT2D eigenvalue weighted by Gasteiger charge is -2.09. The fourth-order valence-electron chi connectivity index (χ4n) is 2.03. The molecule has 0 saturated carbocycles. The van der Waals surface area contributed by atoms with Gasteiger partial charge in [0.25, 0.3) is 0 Å². The molecule has 0 saturated heterocycles. The van der Waals surface area contributed by atoms with Gasteiger partial charge >= 0.3 is 0 Å². The Morgan fingerprint density at radius 2 is 1.75 bits per heavy atom. The van der Waals surface area contributed by atoms with Crippen LogP contribution in [0.25, 0.3) is 0 Å². The summed E-state index contributed by atoms with van der Waals surface area (Å²) < 4.78 is 0. The summed E-state index contributed by atoms with van der Waals surface area (Å²) in [5.41, 5.74) is 1.33. The van der Waals surface area contributed by atoms with E-state index in [1.807, 2.05) is 19.2 Å². The van der Waals surface area contributed by atoms with Crippen molar-refractivity contribution < 1.29 is 0 Å². The van der Waals surface area contributed by atoms with Gasteiger partial charge in [-0.2, -0.15) is 0 Å². The maximum Gasteiger partial charge on any atom is 0.133 e. The molecule has 0 spiro atoms. The summed E-state index contributed by atoms with van der Waals surface area (Å²) in [6, 6.07) is 12.4. The van der Waals surface area contributed by atoms with E-state index in [2.05, 4.69) is 51.8 Å². The van der Waals surface area contributed by atoms with E-state index >= 15 is 0 Å². The summed E-state index contributed by atoms with van der Waals surface area (Å²) in [6.45, 7) is 3.01. The summed E-state index contributed by atoms with van der Waals surface area (Å²) in [6.07, 6.45) is 2.95. The third-order valence-electron chi connectivity index (χ3n) is 3.06. The first kappa shape index (κ1) is 14.3. The maximum absolute atomic E-state index is 4.54. The molecular weight excluding hydrogens is 248 g/mol. The lowest BCUT2D eigenvalue weighted by molar-refractivity contribution is 0.834. The Kier molecular flexibility index (Phi) is 5.35. The highest BCUT2D eigenvalue weighted by molar-refractivity contribution is 5.47. The predicted octanol–water partition coefficient (Wildman–Crippen LogP) is 3.13. The number of nitrogens with one attached hydrogen (secondary N) is 2. The minimum atomic E-state index is 0.866. The van der Waals surface area contributed by atoms with Crippen LogP contribution in [0.3, 0.4) is 0 Å². The Morgan fingerprint density at radius 1 is 1.00 bits per heavy atom. The molecule has 0 fully saturated rings. The van der Waals surface area contributed by atoms with Gasteiger partial charge in [-0.3, -0.25) is 0 Å². The molecule has 2 aromatic rings. The number of anilines is 2. The van der Waals surface area contributed by atoms with Crippen molar-refractivity contribution in [2.45, 2.75) is 26.2 Å². The fourth-order valence-corrected chi connectivity index (χ4v) is 2.03. The van der Waals surface area contributed by atoms with Gasteiger partial charge in [0.15, 0.2) is 0 Å². The molecule has 2 N–H and O–H groups in total. The highest BCUT2D eigenvalue weighted by atomic mass is 15.1. The number of rotatable bonds is 7. The topological polar surface area (TPSA) is 49.8 Å². The minimum absolute atomic E-state index is 0.866. The molecule has 0 atom stereocenters. The van der Waals surface area contributed by atoms with Gasteiger partial charge in [0.05, 0.1) is 0 Å². The number of nitrogens with zero attached hydrogens (tertiary/aromatic N) is 2. The molecule has 0 amide bonds. The molecule has 4 heteroatoms. The van der Waals surface area contributed by atoms with Gasteiger partial charge in [0.1, 0.15) is 17.5 Å².